The zero-order valence-corrected chi connectivity index (χ0v) is 18.9. The molecule has 0 bridgehead atoms. The highest BCUT2D eigenvalue weighted by molar-refractivity contribution is 5.98. The highest BCUT2D eigenvalue weighted by Gasteiger charge is 2.48. The first-order valence-corrected chi connectivity index (χ1v) is 10.4. The number of cyclic esters (lactones) is 1. The van der Waals surface area contributed by atoms with E-state index in [1.165, 1.54) is 0 Å². The number of rotatable bonds is 7. The monoisotopic (exact) mass is 418 g/mol. The summed E-state index contributed by atoms with van der Waals surface area (Å²) in [5.74, 6) is -2.96. The van der Waals surface area contributed by atoms with Crippen LogP contribution < -0.4 is 10.6 Å². The molecule has 30 heavy (non-hydrogen) atoms. The molecule has 0 aliphatic carbocycles. The van der Waals surface area contributed by atoms with Crippen molar-refractivity contribution in [1.29, 1.82) is 0 Å². The van der Waals surface area contributed by atoms with Gasteiger partial charge >= 0.3 is 5.97 Å². The van der Waals surface area contributed by atoms with Crippen LogP contribution in [0.3, 0.4) is 0 Å². The van der Waals surface area contributed by atoms with Crippen molar-refractivity contribution < 1.29 is 23.9 Å². The van der Waals surface area contributed by atoms with Crippen molar-refractivity contribution in [3.05, 3.63) is 30.3 Å². The molecular formula is C23H34N2O5. The molecule has 0 spiro atoms. The highest BCUT2D eigenvalue weighted by atomic mass is 16.8. The highest BCUT2D eigenvalue weighted by Crippen LogP contribution is 2.32. The lowest BCUT2D eigenvalue weighted by atomic mass is 9.84. The summed E-state index contributed by atoms with van der Waals surface area (Å²) in [5.41, 5.74) is 0.0990. The third-order valence-electron chi connectivity index (χ3n) is 4.87. The van der Waals surface area contributed by atoms with E-state index in [1.807, 2.05) is 52.8 Å². The number of esters is 1. The molecule has 166 valence electrons. The van der Waals surface area contributed by atoms with Crippen molar-refractivity contribution in [3.63, 3.8) is 0 Å². The second kappa shape index (κ2) is 9.16. The minimum Gasteiger partial charge on any atom is -0.432 e. The third kappa shape index (κ3) is 6.29. The van der Waals surface area contributed by atoms with Gasteiger partial charge in [0.05, 0.1) is 5.92 Å². The van der Waals surface area contributed by atoms with E-state index in [2.05, 4.69) is 10.6 Å². The van der Waals surface area contributed by atoms with Gasteiger partial charge in [0.1, 0.15) is 6.04 Å². The predicted molar refractivity (Wildman–Crippen MR) is 114 cm³/mol. The van der Waals surface area contributed by atoms with E-state index in [0.717, 1.165) is 0 Å². The Kier molecular flexibility index (Phi) is 7.29. The van der Waals surface area contributed by atoms with Crippen LogP contribution in [0.5, 0.6) is 0 Å². The van der Waals surface area contributed by atoms with Crippen molar-refractivity contribution in [2.45, 2.75) is 72.8 Å². The van der Waals surface area contributed by atoms with Crippen molar-refractivity contribution in [1.82, 2.24) is 5.32 Å². The Hall–Kier alpha value is -2.41. The summed E-state index contributed by atoms with van der Waals surface area (Å²) < 4.78 is 11.0. The van der Waals surface area contributed by atoms with Gasteiger partial charge in [-0.05, 0) is 29.9 Å². The summed E-state index contributed by atoms with van der Waals surface area (Å²) in [7, 11) is 0. The van der Waals surface area contributed by atoms with Gasteiger partial charge in [-0.15, -0.1) is 0 Å². The van der Waals surface area contributed by atoms with E-state index in [4.69, 9.17) is 9.47 Å². The number of para-hydroxylation sites is 1. The zero-order valence-electron chi connectivity index (χ0n) is 18.9. The molecule has 1 aliphatic heterocycles. The van der Waals surface area contributed by atoms with E-state index in [-0.39, 0.29) is 11.8 Å². The normalized spacial score (nSPS) is 20.4. The van der Waals surface area contributed by atoms with Gasteiger partial charge in [0.15, 0.2) is 6.10 Å². The van der Waals surface area contributed by atoms with Crippen LogP contribution >= 0.6 is 0 Å². The number of carbonyl (C=O) groups is 3. The number of nitrogens with one attached hydrogen (secondary N) is 2. The number of ether oxygens (including phenoxy) is 2. The molecule has 7 nitrogen and oxygen atoms in total. The first-order valence-electron chi connectivity index (χ1n) is 10.4. The lowest BCUT2D eigenvalue weighted by Gasteiger charge is -2.32. The van der Waals surface area contributed by atoms with Crippen LogP contribution in [0.25, 0.3) is 0 Å². The second-order valence-electron chi connectivity index (χ2n) is 9.76. The Balaban J connectivity index is 2.22. The summed E-state index contributed by atoms with van der Waals surface area (Å²) in [6, 6.07) is 8.27. The van der Waals surface area contributed by atoms with Crippen molar-refractivity contribution in [3.8, 4) is 0 Å². The van der Waals surface area contributed by atoms with Gasteiger partial charge in [0.25, 0.3) is 0 Å². The van der Waals surface area contributed by atoms with Gasteiger partial charge in [-0.25, -0.2) is 4.79 Å². The number of hydrogen-bond donors (Lipinski definition) is 2. The van der Waals surface area contributed by atoms with E-state index in [9.17, 15) is 14.4 Å². The fourth-order valence-electron chi connectivity index (χ4n) is 3.46. The third-order valence-corrected chi connectivity index (χ3v) is 4.87. The summed E-state index contributed by atoms with van der Waals surface area (Å²) >= 11 is 0. The Labute approximate surface area is 178 Å². The molecule has 2 amide bonds. The summed E-state index contributed by atoms with van der Waals surface area (Å²) in [5, 5.41) is 5.72. The van der Waals surface area contributed by atoms with Crippen LogP contribution in [-0.4, -0.2) is 35.7 Å². The fraction of sp³-hybridized carbons (Fsp3) is 0.609. The van der Waals surface area contributed by atoms with Gasteiger partial charge in [-0.3, -0.25) is 9.59 Å². The topological polar surface area (TPSA) is 93.7 Å². The number of amides is 2. The number of anilines is 1. The number of hydrogen-bond acceptors (Lipinski definition) is 5. The van der Waals surface area contributed by atoms with Crippen LogP contribution in [0.15, 0.2) is 30.3 Å². The number of benzene rings is 1. The SMILES string of the molecule is CC(C)C[C@@H](C(=O)N[C@H](C(=O)Nc1ccccc1)C(C)(C)C)[C@@H]1OC(C)(C)OC1=O. The van der Waals surface area contributed by atoms with Gasteiger partial charge in [0, 0.05) is 19.5 Å². The molecule has 1 aromatic carbocycles. The maximum absolute atomic E-state index is 13.3. The number of carbonyl (C=O) groups excluding carboxylic acids is 3. The van der Waals surface area contributed by atoms with Crippen LogP contribution in [0.1, 0.15) is 54.9 Å². The molecule has 1 aliphatic rings. The Bertz CT molecular complexity index is 768. The quantitative estimate of drug-likeness (QED) is 0.661. The summed E-state index contributed by atoms with van der Waals surface area (Å²) in [6.45, 7) is 12.8. The first kappa shape index (κ1) is 23.9. The lowest BCUT2D eigenvalue weighted by molar-refractivity contribution is -0.162. The second-order valence-corrected chi connectivity index (χ2v) is 9.76. The summed E-state index contributed by atoms with van der Waals surface area (Å²) in [4.78, 5) is 38.6. The first-order chi connectivity index (χ1) is 13.8. The average Bonchev–Trinajstić information content (AvgIpc) is 2.89. The molecule has 2 N–H and O–H groups in total. The minimum atomic E-state index is -1.08. The van der Waals surface area contributed by atoms with E-state index in [1.54, 1.807) is 26.0 Å². The molecule has 0 unspecified atom stereocenters. The maximum Gasteiger partial charge on any atom is 0.338 e. The fourth-order valence-corrected chi connectivity index (χ4v) is 3.46. The molecule has 1 heterocycles. The van der Waals surface area contributed by atoms with E-state index >= 15 is 0 Å². The molecular weight excluding hydrogens is 384 g/mol. The maximum atomic E-state index is 13.3. The van der Waals surface area contributed by atoms with Crippen LogP contribution in [0.4, 0.5) is 5.69 Å². The minimum absolute atomic E-state index is 0.145. The molecule has 3 atom stereocenters. The van der Waals surface area contributed by atoms with Gasteiger partial charge in [-0.1, -0.05) is 52.8 Å². The molecule has 7 heteroatoms. The molecule has 0 radical (unpaired) electrons. The van der Waals surface area contributed by atoms with Gasteiger partial charge in [0.2, 0.25) is 17.6 Å². The van der Waals surface area contributed by atoms with Crippen LogP contribution in [0.2, 0.25) is 0 Å². The molecule has 1 saturated heterocycles. The van der Waals surface area contributed by atoms with Crippen LogP contribution in [0, 0.1) is 17.3 Å². The molecule has 0 aromatic heterocycles. The predicted octanol–water partition coefficient (Wildman–Crippen LogP) is 3.50. The van der Waals surface area contributed by atoms with Crippen LogP contribution in [-0.2, 0) is 23.9 Å². The largest absolute Gasteiger partial charge is 0.432 e. The molecule has 2 rings (SSSR count). The lowest BCUT2D eigenvalue weighted by Crippen LogP contribution is -2.54. The zero-order chi connectivity index (χ0) is 22.7. The van der Waals surface area contributed by atoms with E-state index in [0.29, 0.717) is 12.1 Å². The Morgan fingerprint density at radius 1 is 1.10 bits per heavy atom. The smallest absolute Gasteiger partial charge is 0.338 e. The molecule has 1 aromatic rings. The Morgan fingerprint density at radius 3 is 2.17 bits per heavy atom. The van der Waals surface area contributed by atoms with Crippen molar-refractivity contribution in [2.75, 3.05) is 5.32 Å². The Morgan fingerprint density at radius 2 is 1.70 bits per heavy atom. The van der Waals surface area contributed by atoms with Gasteiger partial charge < -0.3 is 20.1 Å². The van der Waals surface area contributed by atoms with E-state index < -0.39 is 41.1 Å². The van der Waals surface area contributed by atoms with Gasteiger partial charge in [-0.2, -0.15) is 0 Å². The summed E-state index contributed by atoms with van der Waals surface area (Å²) in [6.07, 6.45) is -0.570. The molecule has 0 saturated carbocycles. The van der Waals surface area contributed by atoms with Crippen molar-refractivity contribution >= 4 is 23.5 Å². The standard InChI is InChI=1S/C23H34N2O5/c1-14(2)13-16(17-21(28)30-23(6,7)29-17)19(26)25-18(22(3,4)5)20(27)24-15-11-9-8-10-12-15/h8-12,14,16-18H,13H2,1-7H3,(H,24,27)(H,25,26)/t16-,17+,18-/m1/s1. The molecule has 1 fully saturated rings. The van der Waals surface area contributed by atoms with Crippen molar-refractivity contribution in [2.24, 2.45) is 17.3 Å². The average molecular weight is 419 g/mol.